The average Bonchev–Trinajstić information content (AvgIpc) is 2.65. The van der Waals surface area contributed by atoms with E-state index in [1.807, 2.05) is 54.6 Å². The molecule has 0 amide bonds. The first-order valence-corrected chi connectivity index (χ1v) is 8.01. The van der Waals surface area contributed by atoms with Crippen molar-refractivity contribution in [3.8, 4) is 11.5 Å². The average molecular weight is 338 g/mol. The number of rotatable bonds is 7. The summed E-state index contributed by atoms with van der Waals surface area (Å²) in [4.78, 5) is 11.3. The molecule has 4 nitrogen and oxygen atoms in total. The van der Waals surface area contributed by atoms with E-state index in [9.17, 15) is 4.79 Å². The minimum Gasteiger partial charge on any atom is -0.493 e. The molecule has 130 valence electrons. The SMILES string of the molecule is CCOC(=O)/C=C/c1ccc(/C=C/c2ccc(OC)c(OC)c2)cc1. The van der Waals surface area contributed by atoms with Crippen molar-refractivity contribution in [1.29, 1.82) is 0 Å². The summed E-state index contributed by atoms with van der Waals surface area (Å²) in [6, 6.07) is 13.6. The molecule has 2 rings (SSSR count). The lowest BCUT2D eigenvalue weighted by atomic mass is 10.1. The van der Waals surface area contributed by atoms with Gasteiger partial charge >= 0.3 is 5.97 Å². The van der Waals surface area contributed by atoms with Crippen molar-refractivity contribution < 1.29 is 19.0 Å². The molecular formula is C21H22O4. The fourth-order valence-corrected chi connectivity index (χ4v) is 2.22. The van der Waals surface area contributed by atoms with E-state index in [-0.39, 0.29) is 5.97 Å². The lowest BCUT2D eigenvalue weighted by Crippen LogP contribution is -1.98. The molecule has 0 spiro atoms. The van der Waals surface area contributed by atoms with Crippen molar-refractivity contribution in [1.82, 2.24) is 0 Å². The third kappa shape index (κ3) is 5.53. The lowest BCUT2D eigenvalue weighted by molar-refractivity contribution is -0.137. The molecule has 0 saturated carbocycles. The minimum absolute atomic E-state index is 0.333. The maximum Gasteiger partial charge on any atom is 0.330 e. The van der Waals surface area contributed by atoms with Gasteiger partial charge in [-0.3, -0.25) is 0 Å². The normalized spacial score (nSPS) is 11.0. The Kier molecular flexibility index (Phi) is 6.84. The van der Waals surface area contributed by atoms with E-state index in [0.717, 1.165) is 16.7 Å². The molecule has 0 aliphatic carbocycles. The van der Waals surface area contributed by atoms with Gasteiger partial charge in [0.2, 0.25) is 0 Å². The van der Waals surface area contributed by atoms with Gasteiger partial charge in [-0.15, -0.1) is 0 Å². The highest BCUT2D eigenvalue weighted by Gasteiger charge is 2.02. The van der Waals surface area contributed by atoms with Gasteiger partial charge in [-0.1, -0.05) is 42.5 Å². The number of hydrogen-bond acceptors (Lipinski definition) is 4. The first-order valence-electron chi connectivity index (χ1n) is 8.01. The van der Waals surface area contributed by atoms with Gasteiger partial charge < -0.3 is 14.2 Å². The first-order chi connectivity index (χ1) is 12.2. The van der Waals surface area contributed by atoms with Crippen LogP contribution in [-0.2, 0) is 9.53 Å². The summed E-state index contributed by atoms with van der Waals surface area (Å²) in [7, 11) is 3.24. The van der Waals surface area contributed by atoms with Crippen LogP contribution in [0.4, 0.5) is 0 Å². The summed E-state index contributed by atoms with van der Waals surface area (Å²) in [6.07, 6.45) is 7.18. The fourth-order valence-electron chi connectivity index (χ4n) is 2.22. The van der Waals surface area contributed by atoms with Gasteiger partial charge in [0.15, 0.2) is 11.5 Å². The Bertz CT molecular complexity index is 758. The highest BCUT2D eigenvalue weighted by Crippen LogP contribution is 2.28. The molecule has 0 bridgehead atoms. The summed E-state index contributed by atoms with van der Waals surface area (Å²) < 4.78 is 15.4. The van der Waals surface area contributed by atoms with Crippen LogP contribution in [0.2, 0.25) is 0 Å². The Morgan fingerprint density at radius 3 is 2.00 bits per heavy atom. The maximum absolute atomic E-state index is 11.3. The number of methoxy groups -OCH3 is 2. The van der Waals surface area contributed by atoms with Crippen LogP contribution in [0.25, 0.3) is 18.2 Å². The summed E-state index contributed by atoms with van der Waals surface area (Å²) in [5.74, 6) is 1.07. The van der Waals surface area contributed by atoms with Crippen LogP contribution in [-0.4, -0.2) is 26.8 Å². The molecule has 0 radical (unpaired) electrons. The number of benzene rings is 2. The molecule has 0 aromatic heterocycles. The van der Waals surface area contributed by atoms with Crippen LogP contribution < -0.4 is 9.47 Å². The number of carbonyl (C=O) groups excluding carboxylic acids is 1. The van der Waals surface area contributed by atoms with E-state index in [1.54, 1.807) is 27.2 Å². The smallest absolute Gasteiger partial charge is 0.330 e. The van der Waals surface area contributed by atoms with E-state index < -0.39 is 0 Å². The molecule has 4 heteroatoms. The molecule has 2 aromatic rings. The van der Waals surface area contributed by atoms with Crippen LogP contribution in [0.5, 0.6) is 11.5 Å². The number of hydrogen-bond donors (Lipinski definition) is 0. The van der Waals surface area contributed by atoms with Crippen molar-refractivity contribution in [2.45, 2.75) is 6.92 Å². The van der Waals surface area contributed by atoms with Gasteiger partial charge in [-0.05, 0) is 41.8 Å². The van der Waals surface area contributed by atoms with Gasteiger partial charge in [0.1, 0.15) is 0 Å². The van der Waals surface area contributed by atoms with Gasteiger partial charge in [-0.2, -0.15) is 0 Å². The van der Waals surface area contributed by atoms with Crippen LogP contribution in [0, 0.1) is 0 Å². The van der Waals surface area contributed by atoms with Crippen molar-refractivity contribution in [2.75, 3.05) is 20.8 Å². The summed E-state index contributed by atoms with van der Waals surface area (Å²) in [6.45, 7) is 2.16. The molecule has 0 aliphatic rings. The van der Waals surface area contributed by atoms with Crippen molar-refractivity contribution in [3.63, 3.8) is 0 Å². The largest absolute Gasteiger partial charge is 0.493 e. The van der Waals surface area contributed by atoms with Gasteiger partial charge in [0, 0.05) is 6.08 Å². The third-order valence-corrected chi connectivity index (χ3v) is 3.51. The van der Waals surface area contributed by atoms with Crippen molar-refractivity contribution >= 4 is 24.2 Å². The number of esters is 1. The molecule has 0 saturated heterocycles. The van der Waals surface area contributed by atoms with E-state index in [0.29, 0.717) is 18.1 Å². The second kappa shape index (κ2) is 9.33. The third-order valence-electron chi connectivity index (χ3n) is 3.51. The number of carbonyl (C=O) groups is 1. The monoisotopic (exact) mass is 338 g/mol. The lowest BCUT2D eigenvalue weighted by Gasteiger charge is -2.07. The fraction of sp³-hybridized carbons (Fsp3) is 0.190. The molecule has 0 aliphatic heterocycles. The summed E-state index contributed by atoms with van der Waals surface area (Å²) in [5.41, 5.74) is 3.02. The summed E-state index contributed by atoms with van der Waals surface area (Å²) >= 11 is 0. The predicted molar refractivity (Wildman–Crippen MR) is 101 cm³/mol. The summed E-state index contributed by atoms with van der Waals surface area (Å²) in [5, 5.41) is 0. The Balaban J connectivity index is 2.05. The highest BCUT2D eigenvalue weighted by atomic mass is 16.5. The minimum atomic E-state index is -0.333. The molecule has 0 N–H and O–H groups in total. The quantitative estimate of drug-likeness (QED) is 0.425. The van der Waals surface area contributed by atoms with E-state index in [1.165, 1.54) is 6.08 Å². The zero-order valence-corrected chi connectivity index (χ0v) is 14.7. The Hall–Kier alpha value is -3.01. The van der Waals surface area contributed by atoms with Crippen LogP contribution >= 0.6 is 0 Å². The van der Waals surface area contributed by atoms with E-state index >= 15 is 0 Å². The second-order valence-corrected chi connectivity index (χ2v) is 5.20. The van der Waals surface area contributed by atoms with E-state index in [4.69, 9.17) is 14.2 Å². The van der Waals surface area contributed by atoms with Gasteiger partial charge in [0.05, 0.1) is 20.8 Å². The molecule has 0 unspecified atom stereocenters. The predicted octanol–water partition coefficient (Wildman–Crippen LogP) is 4.45. The molecule has 0 heterocycles. The Labute approximate surface area is 148 Å². The molecule has 2 aromatic carbocycles. The highest BCUT2D eigenvalue weighted by molar-refractivity contribution is 5.87. The maximum atomic E-state index is 11.3. The van der Waals surface area contributed by atoms with Gasteiger partial charge in [-0.25, -0.2) is 4.79 Å². The van der Waals surface area contributed by atoms with Crippen LogP contribution in [0.1, 0.15) is 23.6 Å². The molecule has 0 atom stereocenters. The topological polar surface area (TPSA) is 44.8 Å². The van der Waals surface area contributed by atoms with Crippen LogP contribution in [0.3, 0.4) is 0 Å². The van der Waals surface area contributed by atoms with E-state index in [2.05, 4.69) is 0 Å². The molecule has 0 fully saturated rings. The van der Waals surface area contributed by atoms with Crippen molar-refractivity contribution in [3.05, 3.63) is 65.2 Å². The molecular weight excluding hydrogens is 316 g/mol. The Morgan fingerprint density at radius 1 is 0.840 bits per heavy atom. The Morgan fingerprint density at radius 2 is 1.40 bits per heavy atom. The first kappa shape index (κ1) is 18.3. The standard InChI is InChI=1S/C21H22O4/c1-4-25-21(22)14-12-17-7-5-16(6-8-17)9-10-18-11-13-19(23-2)20(15-18)24-3/h5-15H,4H2,1-3H3/b10-9+,14-12+. The number of ether oxygens (including phenoxy) is 3. The van der Waals surface area contributed by atoms with Crippen LogP contribution in [0.15, 0.2) is 48.5 Å². The zero-order chi connectivity index (χ0) is 18.1. The van der Waals surface area contributed by atoms with Crippen molar-refractivity contribution in [2.24, 2.45) is 0 Å². The second-order valence-electron chi connectivity index (χ2n) is 5.20. The zero-order valence-electron chi connectivity index (χ0n) is 14.7. The van der Waals surface area contributed by atoms with Gasteiger partial charge in [0.25, 0.3) is 0 Å². The molecule has 25 heavy (non-hydrogen) atoms.